The molecular formula is C30H43N3O5S. The molecule has 0 radical (unpaired) electrons. The standard InChI is InChI=1S/C30H43N3O5S/c1-4-26(30(35)31-25-16-9-6-10-17-25)32(23-21-24-14-7-5-8-15-24)29(34)20-13-22-33(39(3,36)37)27-18-11-12-19-28(27)38-2/h5,7-8,11-12,14-15,18-19,25-26H,4,6,9-10,13,16-17,20-23H2,1-3H3,(H,31,35)/t26-/m0/s1. The van der Waals surface area contributed by atoms with E-state index in [0.29, 0.717) is 37.2 Å². The van der Waals surface area contributed by atoms with Gasteiger partial charge in [0.25, 0.3) is 0 Å². The molecule has 1 fully saturated rings. The third-order valence-electron chi connectivity index (χ3n) is 7.33. The van der Waals surface area contributed by atoms with Crippen molar-refractivity contribution in [3.05, 3.63) is 60.2 Å². The van der Waals surface area contributed by atoms with Crippen molar-refractivity contribution < 1.29 is 22.7 Å². The summed E-state index contributed by atoms with van der Waals surface area (Å²) < 4.78 is 31.9. The number of hydrogen-bond acceptors (Lipinski definition) is 5. The van der Waals surface area contributed by atoms with Crippen LogP contribution in [0, 0.1) is 0 Å². The monoisotopic (exact) mass is 557 g/mol. The zero-order chi connectivity index (χ0) is 28.3. The van der Waals surface area contributed by atoms with Gasteiger partial charge in [0.15, 0.2) is 0 Å². The maximum atomic E-state index is 13.6. The van der Waals surface area contributed by atoms with E-state index in [0.717, 1.165) is 37.5 Å². The lowest BCUT2D eigenvalue weighted by molar-refractivity contribution is -0.141. The van der Waals surface area contributed by atoms with Crippen molar-refractivity contribution in [1.82, 2.24) is 10.2 Å². The largest absolute Gasteiger partial charge is 0.495 e. The van der Waals surface area contributed by atoms with Gasteiger partial charge in [-0.15, -0.1) is 0 Å². The summed E-state index contributed by atoms with van der Waals surface area (Å²) in [5.41, 5.74) is 1.53. The molecule has 9 heteroatoms. The number of para-hydroxylation sites is 2. The van der Waals surface area contributed by atoms with E-state index in [9.17, 15) is 18.0 Å². The highest BCUT2D eigenvalue weighted by atomic mass is 32.2. The highest BCUT2D eigenvalue weighted by Crippen LogP contribution is 2.30. The van der Waals surface area contributed by atoms with Gasteiger partial charge >= 0.3 is 0 Å². The van der Waals surface area contributed by atoms with Gasteiger partial charge in [-0.2, -0.15) is 0 Å². The number of carbonyl (C=O) groups excluding carboxylic acids is 2. The second-order valence-corrected chi connectivity index (χ2v) is 12.1. The number of methoxy groups -OCH3 is 1. The average Bonchev–Trinajstić information content (AvgIpc) is 2.93. The molecule has 39 heavy (non-hydrogen) atoms. The summed E-state index contributed by atoms with van der Waals surface area (Å²) in [5.74, 6) is 0.201. The fraction of sp³-hybridized carbons (Fsp3) is 0.533. The first kappa shape index (κ1) is 30.5. The van der Waals surface area contributed by atoms with Crippen molar-refractivity contribution in [2.45, 2.75) is 76.8 Å². The summed E-state index contributed by atoms with van der Waals surface area (Å²) in [6.45, 7) is 2.48. The number of amides is 2. The zero-order valence-electron chi connectivity index (χ0n) is 23.5. The predicted octanol–water partition coefficient (Wildman–Crippen LogP) is 4.54. The van der Waals surface area contributed by atoms with Crippen LogP contribution in [0.5, 0.6) is 5.75 Å². The van der Waals surface area contributed by atoms with Crippen LogP contribution in [0.2, 0.25) is 0 Å². The number of anilines is 1. The number of sulfonamides is 1. The van der Waals surface area contributed by atoms with Crippen LogP contribution < -0.4 is 14.4 Å². The molecule has 2 aromatic carbocycles. The Kier molecular flexibility index (Phi) is 11.7. The van der Waals surface area contributed by atoms with E-state index in [1.807, 2.05) is 37.3 Å². The van der Waals surface area contributed by atoms with Crippen LogP contribution in [0.15, 0.2) is 54.6 Å². The molecule has 8 nitrogen and oxygen atoms in total. The minimum Gasteiger partial charge on any atom is -0.495 e. The molecule has 0 aliphatic heterocycles. The molecule has 2 aromatic rings. The topological polar surface area (TPSA) is 96.0 Å². The third-order valence-corrected chi connectivity index (χ3v) is 8.51. The Morgan fingerprint density at radius 2 is 1.67 bits per heavy atom. The Labute approximate surface area is 233 Å². The fourth-order valence-corrected chi connectivity index (χ4v) is 6.23. The van der Waals surface area contributed by atoms with Crippen molar-refractivity contribution in [3.8, 4) is 5.75 Å². The Bertz CT molecular complexity index is 1170. The molecule has 0 heterocycles. The molecule has 3 rings (SSSR count). The van der Waals surface area contributed by atoms with E-state index in [-0.39, 0.29) is 30.8 Å². The Balaban J connectivity index is 1.73. The van der Waals surface area contributed by atoms with Gasteiger partial charge in [-0.25, -0.2) is 8.42 Å². The first-order chi connectivity index (χ1) is 18.7. The Hall–Kier alpha value is -3.07. The molecule has 0 bridgehead atoms. The predicted molar refractivity (Wildman–Crippen MR) is 155 cm³/mol. The second kappa shape index (κ2) is 14.9. The van der Waals surface area contributed by atoms with Gasteiger partial charge in [0.05, 0.1) is 19.1 Å². The zero-order valence-corrected chi connectivity index (χ0v) is 24.3. The number of hydrogen-bond donors (Lipinski definition) is 1. The normalized spacial score (nSPS) is 14.8. The van der Waals surface area contributed by atoms with Crippen LogP contribution >= 0.6 is 0 Å². The first-order valence-corrected chi connectivity index (χ1v) is 15.8. The van der Waals surface area contributed by atoms with Crippen LogP contribution in [-0.2, 0) is 26.0 Å². The molecule has 1 N–H and O–H groups in total. The molecule has 0 saturated heterocycles. The minimum absolute atomic E-state index is 0.0994. The third kappa shape index (κ3) is 8.98. The number of rotatable bonds is 14. The summed E-state index contributed by atoms with van der Waals surface area (Å²) in [6, 6.07) is 16.4. The van der Waals surface area contributed by atoms with Gasteiger partial charge in [-0.3, -0.25) is 13.9 Å². The number of ether oxygens (including phenoxy) is 1. The van der Waals surface area contributed by atoms with Gasteiger partial charge in [0.2, 0.25) is 21.8 Å². The van der Waals surface area contributed by atoms with Crippen LogP contribution in [0.4, 0.5) is 5.69 Å². The minimum atomic E-state index is -3.60. The maximum Gasteiger partial charge on any atom is 0.243 e. The molecule has 1 aliphatic rings. The molecule has 1 atom stereocenters. The Morgan fingerprint density at radius 1 is 1.00 bits per heavy atom. The molecule has 0 spiro atoms. The summed E-state index contributed by atoms with van der Waals surface area (Å²) in [6.07, 6.45) is 8.11. The second-order valence-electron chi connectivity index (χ2n) is 10.2. The molecule has 0 aromatic heterocycles. The number of nitrogens with one attached hydrogen (secondary N) is 1. The highest BCUT2D eigenvalue weighted by molar-refractivity contribution is 7.92. The lowest BCUT2D eigenvalue weighted by Crippen LogP contribution is -2.52. The van der Waals surface area contributed by atoms with E-state index in [1.165, 1.54) is 17.8 Å². The first-order valence-electron chi connectivity index (χ1n) is 14.0. The SMILES string of the molecule is CC[C@@H](C(=O)NC1CCCCC1)N(CCc1ccccc1)C(=O)CCCN(c1ccccc1OC)S(C)(=O)=O. The molecule has 2 amide bonds. The van der Waals surface area contributed by atoms with Crippen molar-refractivity contribution in [2.75, 3.05) is 30.8 Å². The number of benzene rings is 2. The van der Waals surface area contributed by atoms with E-state index in [4.69, 9.17) is 4.74 Å². The summed E-state index contributed by atoms with van der Waals surface area (Å²) in [4.78, 5) is 28.7. The van der Waals surface area contributed by atoms with E-state index < -0.39 is 16.1 Å². The van der Waals surface area contributed by atoms with Crippen LogP contribution in [-0.4, -0.2) is 63.7 Å². The number of nitrogens with zero attached hydrogens (tertiary/aromatic N) is 2. The average molecular weight is 558 g/mol. The fourth-order valence-electron chi connectivity index (χ4n) is 5.26. The van der Waals surface area contributed by atoms with Crippen molar-refractivity contribution >= 4 is 27.5 Å². The van der Waals surface area contributed by atoms with E-state index in [2.05, 4.69) is 5.32 Å². The molecule has 1 aliphatic carbocycles. The van der Waals surface area contributed by atoms with E-state index >= 15 is 0 Å². The molecule has 0 unspecified atom stereocenters. The molecule has 214 valence electrons. The van der Waals surface area contributed by atoms with Gasteiger partial charge in [0.1, 0.15) is 11.8 Å². The van der Waals surface area contributed by atoms with Gasteiger partial charge in [-0.1, -0.05) is 68.7 Å². The van der Waals surface area contributed by atoms with E-state index in [1.54, 1.807) is 29.2 Å². The summed E-state index contributed by atoms with van der Waals surface area (Å²) >= 11 is 0. The lowest BCUT2D eigenvalue weighted by Gasteiger charge is -2.33. The highest BCUT2D eigenvalue weighted by Gasteiger charge is 2.30. The quantitative estimate of drug-likeness (QED) is 0.368. The number of carbonyl (C=O) groups is 2. The molecular weight excluding hydrogens is 514 g/mol. The maximum absolute atomic E-state index is 13.6. The smallest absolute Gasteiger partial charge is 0.243 e. The van der Waals surface area contributed by atoms with Crippen molar-refractivity contribution in [2.24, 2.45) is 0 Å². The lowest BCUT2D eigenvalue weighted by atomic mass is 9.95. The van der Waals surface area contributed by atoms with Gasteiger partial charge in [0, 0.05) is 25.6 Å². The van der Waals surface area contributed by atoms with Crippen LogP contribution in [0.25, 0.3) is 0 Å². The van der Waals surface area contributed by atoms with Crippen LogP contribution in [0.3, 0.4) is 0 Å². The van der Waals surface area contributed by atoms with Gasteiger partial charge in [-0.05, 0) is 49.8 Å². The Morgan fingerprint density at radius 3 is 2.31 bits per heavy atom. The van der Waals surface area contributed by atoms with Crippen molar-refractivity contribution in [1.29, 1.82) is 0 Å². The van der Waals surface area contributed by atoms with Gasteiger partial charge < -0.3 is 15.0 Å². The van der Waals surface area contributed by atoms with Crippen LogP contribution in [0.1, 0.15) is 63.9 Å². The van der Waals surface area contributed by atoms with Crippen molar-refractivity contribution in [3.63, 3.8) is 0 Å². The molecule has 1 saturated carbocycles. The summed E-state index contributed by atoms with van der Waals surface area (Å²) in [5, 5.41) is 3.20. The summed E-state index contributed by atoms with van der Waals surface area (Å²) in [7, 11) is -2.10.